The summed E-state index contributed by atoms with van der Waals surface area (Å²) in [6.07, 6.45) is 6.09. The third-order valence-corrected chi connectivity index (χ3v) is 7.64. The molecule has 0 saturated heterocycles. The summed E-state index contributed by atoms with van der Waals surface area (Å²) in [6.45, 7) is 1.99. The highest BCUT2D eigenvalue weighted by molar-refractivity contribution is 5.80. The third kappa shape index (κ3) is 14.6. The second-order valence-corrected chi connectivity index (χ2v) is 13.9. The number of rotatable bonds is 19. The van der Waals surface area contributed by atoms with Crippen LogP contribution in [0.3, 0.4) is 0 Å². The number of hydrogen-bond acceptors (Lipinski definition) is 6. The normalized spacial score (nSPS) is 11.6. The molecule has 0 spiro atoms. The number of para-hydroxylation sites is 2. The van der Waals surface area contributed by atoms with Gasteiger partial charge in [-0.3, -0.25) is 9.59 Å². The van der Waals surface area contributed by atoms with Crippen molar-refractivity contribution >= 4 is 23.8 Å². The predicted molar refractivity (Wildman–Crippen MR) is 181 cm³/mol. The first-order chi connectivity index (χ1) is 21.6. The third-order valence-electron chi connectivity index (χ3n) is 7.64. The van der Waals surface area contributed by atoms with Crippen LogP contribution >= 0.6 is 0 Å². The number of ether oxygens (including phenoxy) is 2. The van der Waals surface area contributed by atoms with Gasteiger partial charge in [0.1, 0.15) is 37.7 Å². The van der Waals surface area contributed by atoms with Crippen molar-refractivity contribution in [2.24, 2.45) is 0 Å². The Morgan fingerprint density at radius 2 is 0.870 bits per heavy atom. The monoisotopic (exact) mass is 640 g/mol. The van der Waals surface area contributed by atoms with E-state index < -0.39 is 12.2 Å². The van der Waals surface area contributed by atoms with Crippen molar-refractivity contribution in [2.45, 2.75) is 64.5 Å². The highest BCUT2D eigenvalue weighted by Crippen LogP contribution is 2.24. The summed E-state index contributed by atoms with van der Waals surface area (Å²) in [5.74, 6) is 1.51. The maximum atomic E-state index is 12.8. The summed E-state index contributed by atoms with van der Waals surface area (Å²) in [5.41, 5.74) is 1.79. The number of Topliss-reactive ketones (excluding diaryl/α,β-unsaturated/α-hetero) is 2. The lowest BCUT2D eigenvalue weighted by Gasteiger charge is -2.30. The van der Waals surface area contributed by atoms with Crippen LogP contribution in [0, 0.1) is 0 Å². The molecule has 0 atom stereocenters. The summed E-state index contributed by atoms with van der Waals surface area (Å²) in [5, 5.41) is 0. The largest absolute Gasteiger partial charge is 0.414 e. The number of likely N-dealkylation sites (N-methyl/N-ethyl adjacent to an activating group) is 2. The average Bonchev–Trinajstić information content (AvgIpc) is 2.95. The summed E-state index contributed by atoms with van der Waals surface area (Å²) in [7, 11) is 14.7. The zero-order valence-electron chi connectivity index (χ0n) is 29.3. The molecular formula is C36H56N4O6+2. The van der Waals surface area contributed by atoms with Gasteiger partial charge >= 0.3 is 12.2 Å². The Morgan fingerprint density at radius 1 is 0.543 bits per heavy atom. The number of unbranched alkanes of at least 4 members (excludes halogenated alkanes) is 5. The Labute approximate surface area is 276 Å². The van der Waals surface area contributed by atoms with Crippen LogP contribution in [0.2, 0.25) is 0 Å². The molecule has 0 unspecified atom stereocenters. The summed E-state index contributed by atoms with van der Waals surface area (Å²) in [6, 6.07) is 14.9. The molecule has 2 aromatic carbocycles. The van der Waals surface area contributed by atoms with E-state index in [1.54, 1.807) is 40.3 Å². The SMILES string of the molecule is CN(C)C(=O)Oc1ccccc1C[N+](C)(C)CC(=O)CCCCCCCCC(=O)C[N+](C)(C)Cc1ccccc1OC(=O)N(C)C. The molecule has 0 N–H and O–H groups in total. The fourth-order valence-corrected chi connectivity index (χ4v) is 5.34. The van der Waals surface area contributed by atoms with Gasteiger partial charge in [-0.25, -0.2) is 9.59 Å². The van der Waals surface area contributed by atoms with Gasteiger partial charge in [0.05, 0.1) is 28.2 Å². The van der Waals surface area contributed by atoms with E-state index in [1.165, 1.54) is 9.80 Å². The lowest BCUT2D eigenvalue weighted by Crippen LogP contribution is -2.43. The molecule has 10 nitrogen and oxygen atoms in total. The summed E-state index contributed by atoms with van der Waals surface area (Å²) >= 11 is 0. The molecule has 0 fully saturated rings. The highest BCUT2D eigenvalue weighted by Gasteiger charge is 2.24. The highest BCUT2D eigenvalue weighted by atomic mass is 16.6. The number of carbonyl (C=O) groups excluding carboxylic acids is 4. The summed E-state index contributed by atoms with van der Waals surface area (Å²) < 4.78 is 12.0. The first-order valence-corrected chi connectivity index (χ1v) is 16.2. The van der Waals surface area contributed by atoms with Crippen LogP contribution in [0.25, 0.3) is 0 Å². The second-order valence-electron chi connectivity index (χ2n) is 13.9. The van der Waals surface area contributed by atoms with Gasteiger partial charge in [-0.15, -0.1) is 0 Å². The van der Waals surface area contributed by atoms with Crippen molar-refractivity contribution in [2.75, 3.05) is 69.5 Å². The molecule has 2 amide bonds. The molecule has 0 saturated carbocycles. The topological polar surface area (TPSA) is 93.2 Å². The standard InChI is InChI=1S/C36H56N4O6/c1-37(2)35(43)45-33-23-17-15-19-29(33)25-39(5,6)27-31(41)21-13-11-9-10-12-14-22-32(42)28-40(7,8)26-30-20-16-18-24-34(30)46-36(44)38(3)4/h15-20,23-24H,9-14,21-22,25-28H2,1-8H3/q+2. The lowest BCUT2D eigenvalue weighted by atomic mass is 10.0. The van der Waals surface area contributed by atoms with Crippen LogP contribution in [0.4, 0.5) is 9.59 Å². The van der Waals surface area contributed by atoms with Gasteiger partial charge in [0.2, 0.25) is 0 Å². The number of hydrogen-bond donors (Lipinski definition) is 0. The number of quaternary nitrogens is 2. The Kier molecular flexibility index (Phi) is 15.4. The Hall–Kier alpha value is -3.76. The van der Waals surface area contributed by atoms with Crippen molar-refractivity contribution in [1.29, 1.82) is 0 Å². The molecule has 0 heterocycles. The van der Waals surface area contributed by atoms with Crippen LogP contribution in [0.1, 0.15) is 62.5 Å². The quantitative estimate of drug-likeness (QED) is 0.140. The van der Waals surface area contributed by atoms with E-state index in [1.807, 2.05) is 64.6 Å². The van der Waals surface area contributed by atoms with Gasteiger partial charge < -0.3 is 28.2 Å². The molecule has 0 radical (unpaired) electrons. The molecule has 2 aromatic rings. The van der Waals surface area contributed by atoms with Gasteiger partial charge in [-0.1, -0.05) is 49.9 Å². The minimum Gasteiger partial charge on any atom is -0.410 e. The van der Waals surface area contributed by atoms with E-state index in [0.29, 0.717) is 59.5 Å². The molecule has 254 valence electrons. The molecule has 10 heteroatoms. The van der Waals surface area contributed by atoms with Gasteiger partial charge in [0, 0.05) is 52.2 Å². The van der Waals surface area contributed by atoms with Crippen molar-refractivity contribution in [1.82, 2.24) is 9.80 Å². The number of ketones is 2. The van der Waals surface area contributed by atoms with Crippen molar-refractivity contribution in [3.05, 3.63) is 59.7 Å². The average molecular weight is 641 g/mol. The molecular weight excluding hydrogens is 584 g/mol. The van der Waals surface area contributed by atoms with E-state index in [2.05, 4.69) is 0 Å². The second kappa shape index (κ2) is 18.4. The van der Waals surface area contributed by atoms with Crippen molar-refractivity contribution in [3.8, 4) is 11.5 Å². The minimum atomic E-state index is -0.427. The maximum Gasteiger partial charge on any atom is 0.414 e. The Morgan fingerprint density at radius 3 is 1.22 bits per heavy atom. The molecule has 0 aromatic heterocycles. The van der Waals surface area contributed by atoms with Crippen LogP contribution < -0.4 is 9.47 Å². The molecule has 0 bridgehead atoms. The Balaban J connectivity index is 1.65. The molecule has 0 aliphatic heterocycles. The van der Waals surface area contributed by atoms with Gasteiger partial charge in [-0.2, -0.15) is 0 Å². The van der Waals surface area contributed by atoms with E-state index in [9.17, 15) is 19.2 Å². The number of carbonyl (C=O) groups is 4. The zero-order chi connectivity index (χ0) is 34.3. The summed E-state index contributed by atoms with van der Waals surface area (Å²) in [4.78, 5) is 52.4. The molecule has 0 aliphatic carbocycles. The molecule has 2 rings (SSSR count). The minimum absolute atomic E-state index is 0.234. The van der Waals surface area contributed by atoms with Crippen LogP contribution in [0.5, 0.6) is 11.5 Å². The smallest absolute Gasteiger partial charge is 0.410 e. The van der Waals surface area contributed by atoms with Gasteiger partial charge in [-0.05, 0) is 37.1 Å². The molecule has 46 heavy (non-hydrogen) atoms. The molecule has 0 aliphatic rings. The van der Waals surface area contributed by atoms with Crippen LogP contribution in [0.15, 0.2) is 48.5 Å². The number of amides is 2. The fourth-order valence-electron chi connectivity index (χ4n) is 5.34. The fraction of sp³-hybridized carbons (Fsp3) is 0.556. The van der Waals surface area contributed by atoms with Crippen molar-refractivity contribution < 1.29 is 37.6 Å². The predicted octanol–water partition coefficient (Wildman–Crippen LogP) is 5.92. The number of nitrogens with zero attached hydrogens (tertiary/aromatic N) is 4. The zero-order valence-corrected chi connectivity index (χ0v) is 29.3. The van der Waals surface area contributed by atoms with E-state index >= 15 is 0 Å². The van der Waals surface area contributed by atoms with Gasteiger partial charge in [0.15, 0.2) is 11.6 Å². The Bertz CT molecular complexity index is 1210. The van der Waals surface area contributed by atoms with E-state index in [4.69, 9.17) is 9.47 Å². The van der Waals surface area contributed by atoms with Crippen molar-refractivity contribution in [3.63, 3.8) is 0 Å². The van der Waals surface area contributed by atoms with E-state index in [0.717, 1.165) is 49.7 Å². The van der Waals surface area contributed by atoms with E-state index in [-0.39, 0.29) is 11.6 Å². The van der Waals surface area contributed by atoms with Crippen LogP contribution in [-0.4, -0.2) is 112 Å². The van der Waals surface area contributed by atoms with Crippen LogP contribution in [-0.2, 0) is 22.7 Å². The maximum absolute atomic E-state index is 12.8. The first kappa shape index (κ1) is 38.4. The lowest BCUT2D eigenvalue weighted by molar-refractivity contribution is -0.895. The number of benzene rings is 2. The van der Waals surface area contributed by atoms with Gasteiger partial charge in [0.25, 0.3) is 0 Å². The first-order valence-electron chi connectivity index (χ1n) is 16.2.